The van der Waals surface area contributed by atoms with Gasteiger partial charge in [0.2, 0.25) is 0 Å². The number of carbonyl (C=O) groups is 2. The van der Waals surface area contributed by atoms with E-state index in [9.17, 15) is 9.59 Å². The molecule has 0 atom stereocenters. The van der Waals surface area contributed by atoms with E-state index in [1.165, 1.54) is 0 Å². The van der Waals surface area contributed by atoms with E-state index in [4.69, 9.17) is 0 Å². The Hall–Kier alpha value is -2.89. The largest absolute Gasteiger partial charge is 0.338 e. The van der Waals surface area contributed by atoms with Crippen LogP contribution in [-0.2, 0) is 6.42 Å². The molecule has 2 N–H and O–H groups in total. The summed E-state index contributed by atoms with van der Waals surface area (Å²) < 4.78 is 0. The predicted octanol–water partition coefficient (Wildman–Crippen LogP) is 3.45. The zero-order valence-electron chi connectivity index (χ0n) is 15.2. The average molecular weight is 352 g/mol. The molecule has 0 radical (unpaired) electrons. The highest BCUT2D eigenvalue weighted by Crippen LogP contribution is 2.32. The number of nitrogens with one attached hydrogen (secondary N) is 2. The second-order valence-corrected chi connectivity index (χ2v) is 6.86. The van der Waals surface area contributed by atoms with Crippen LogP contribution in [0.25, 0.3) is 0 Å². The lowest BCUT2D eigenvalue weighted by atomic mass is 10.1. The van der Waals surface area contributed by atoms with Gasteiger partial charge in [-0.15, -0.1) is 0 Å². The van der Waals surface area contributed by atoms with E-state index >= 15 is 0 Å². The number of aromatic nitrogens is 1. The van der Waals surface area contributed by atoms with Gasteiger partial charge in [-0.1, -0.05) is 19.9 Å². The van der Waals surface area contributed by atoms with Crippen molar-refractivity contribution in [3.8, 4) is 0 Å². The SMILES string of the molecule is CC(C)CCNC(=O)Nc1ccc2c(c1)N(C(=O)c1cccnc1)CC2. The number of hydrogen-bond acceptors (Lipinski definition) is 3. The minimum Gasteiger partial charge on any atom is -0.338 e. The van der Waals surface area contributed by atoms with E-state index in [1.54, 1.807) is 29.4 Å². The van der Waals surface area contributed by atoms with Gasteiger partial charge in [-0.3, -0.25) is 9.78 Å². The Balaban J connectivity index is 1.69. The number of carbonyl (C=O) groups excluding carboxylic acids is 2. The molecule has 0 aliphatic carbocycles. The molecule has 1 aliphatic rings. The van der Waals surface area contributed by atoms with Gasteiger partial charge in [0.05, 0.1) is 5.56 Å². The van der Waals surface area contributed by atoms with E-state index in [0.29, 0.717) is 30.3 Å². The van der Waals surface area contributed by atoms with E-state index in [2.05, 4.69) is 29.5 Å². The summed E-state index contributed by atoms with van der Waals surface area (Å²) in [6, 6.07) is 8.99. The van der Waals surface area contributed by atoms with Crippen molar-refractivity contribution in [2.45, 2.75) is 26.7 Å². The molecule has 26 heavy (non-hydrogen) atoms. The number of nitrogens with zero attached hydrogens (tertiary/aromatic N) is 2. The van der Waals surface area contributed by atoms with Crippen molar-refractivity contribution in [2.24, 2.45) is 5.92 Å². The number of anilines is 2. The van der Waals surface area contributed by atoms with E-state index in [0.717, 1.165) is 24.1 Å². The Morgan fingerprint density at radius 1 is 1.27 bits per heavy atom. The molecular weight excluding hydrogens is 328 g/mol. The molecule has 6 heteroatoms. The van der Waals surface area contributed by atoms with Crippen molar-refractivity contribution in [1.29, 1.82) is 0 Å². The Bertz CT molecular complexity index is 790. The molecule has 0 fully saturated rings. The fourth-order valence-corrected chi connectivity index (χ4v) is 2.96. The first-order chi connectivity index (χ1) is 12.5. The average Bonchev–Trinajstić information content (AvgIpc) is 3.04. The Labute approximate surface area is 153 Å². The van der Waals surface area contributed by atoms with E-state index in [1.807, 2.05) is 18.2 Å². The lowest BCUT2D eigenvalue weighted by molar-refractivity contribution is 0.0989. The van der Waals surface area contributed by atoms with Crippen LogP contribution < -0.4 is 15.5 Å². The third-order valence-corrected chi connectivity index (χ3v) is 4.40. The van der Waals surface area contributed by atoms with Crippen LogP contribution in [0.15, 0.2) is 42.7 Å². The van der Waals surface area contributed by atoms with Crippen LogP contribution >= 0.6 is 0 Å². The van der Waals surface area contributed by atoms with Crippen LogP contribution in [0.4, 0.5) is 16.2 Å². The van der Waals surface area contributed by atoms with Gasteiger partial charge in [-0.05, 0) is 48.6 Å². The lowest BCUT2D eigenvalue weighted by Crippen LogP contribution is -2.30. The summed E-state index contributed by atoms with van der Waals surface area (Å²) in [5.41, 5.74) is 3.19. The van der Waals surface area contributed by atoms with Gasteiger partial charge in [0, 0.05) is 36.9 Å². The van der Waals surface area contributed by atoms with Gasteiger partial charge in [-0.25, -0.2) is 4.79 Å². The van der Waals surface area contributed by atoms with Crippen molar-refractivity contribution in [1.82, 2.24) is 10.3 Å². The molecule has 136 valence electrons. The number of amides is 3. The molecule has 1 aromatic heterocycles. The van der Waals surface area contributed by atoms with Gasteiger partial charge >= 0.3 is 6.03 Å². The number of rotatable bonds is 5. The van der Waals surface area contributed by atoms with Crippen molar-refractivity contribution in [3.05, 3.63) is 53.9 Å². The minimum absolute atomic E-state index is 0.0737. The summed E-state index contributed by atoms with van der Waals surface area (Å²) in [4.78, 5) is 30.5. The number of hydrogen-bond donors (Lipinski definition) is 2. The topological polar surface area (TPSA) is 74.3 Å². The molecule has 0 bridgehead atoms. The molecule has 1 aromatic carbocycles. The standard InChI is InChI=1S/C20H24N4O2/c1-14(2)7-10-22-20(26)23-17-6-5-15-8-11-24(18(15)12-17)19(25)16-4-3-9-21-13-16/h3-6,9,12-14H,7-8,10-11H2,1-2H3,(H2,22,23,26). The van der Waals surface area contributed by atoms with Crippen LogP contribution in [0, 0.1) is 5.92 Å². The van der Waals surface area contributed by atoms with Crippen LogP contribution in [0.1, 0.15) is 36.2 Å². The summed E-state index contributed by atoms with van der Waals surface area (Å²) in [7, 11) is 0. The highest BCUT2D eigenvalue weighted by Gasteiger charge is 2.26. The Morgan fingerprint density at radius 2 is 2.12 bits per heavy atom. The molecule has 0 saturated heterocycles. The molecular formula is C20H24N4O2. The van der Waals surface area contributed by atoms with Crippen LogP contribution in [0.3, 0.4) is 0 Å². The molecule has 3 rings (SSSR count). The number of pyridine rings is 1. The zero-order chi connectivity index (χ0) is 18.5. The van der Waals surface area contributed by atoms with Crippen LogP contribution in [0.5, 0.6) is 0 Å². The molecule has 3 amide bonds. The third-order valence-electron chi connectivity index (χ3n) is 4.40. The lowest BCUT2D eigenvalue weighted by Gasteiger charge is -2.18. The zero-order valence-corrected chi connectivity index (χ0v) is 15.2. The maximum Gasteiger partial charge on any atom is 0.319 e. The van der Waals surface area contributed by atoms with Crippen molar-refractivity contribution < 1.29 is 9.59 Å². The number of urea groups is 1. The van der Waals surface area contributed by atoms with E-state index < -0.39 is 0 Å². The predicted molar refractivity (Wildman–Crippen MR) is 103 cm³/mol. The molecule has 1 aliphatic heterocycles. The Morgan fingerprint density at radius 3 is 2.85 bits per heavy atom. The summed E-state index contributed by atoms with van der Waals surface area (Å²) in [6.45, 7) is 5.51. The molecule has 0 saturated carbocycles. The monoisotopic (exact) mass is 352 g/mol. The van der Waals surface area contributed by atoms with E-state index in [-0.39, 0.29) is 11.9 Å². The second-order valence-electron chi connectivity index (χ2n) is 6.86. The third kappa shape index (κ3) is 4.20. The number of fused-ring (bicyclic) bond motifs is 1. The van der Waals surface area contributed by atoms with Crippen molar-refractivity contribution in [2.75, 3.05) is 23.3 Å². The molecule has 0 unspecified atom stereocenters. The summed E-state index contributed by atoms with van der Waals surface area (Å²) >= 11 is 0. The van der Waals surface area contributed by atoms with Gasteiger partial charge < -0.3 is 15.5 Å². The maximum atomic E-state index is 12.7. The maximum absolute atomic E-state index is 12.7. The summed E-state index contributed by atoms with van der Waals surface area (Å²) in [5, 5.41) is 5.70. The fourth-order valence-electron chi connectivity index (χ4n) is 2.96. The fraction of sp³-hybridized carbons (Fsp3) is 0.350. The number of benzene rings is 1. The molecule has 0 spiro atoms. The van der Waals surface area contributed by atoms with Crippen LogP contribution in [0.2, 0.25) is 0 Å². The van der Waals surface area contributed by atoms with Crippen molar-refractivity contribution in [3.63, 3.8) is 0 Å². The minimum atomic E-state index is -0.228. The van der Waals surface area contributed by atoms with Gasteiger partial charge in [0.25, 0.3) is 5.91 Å². The van der Waals surface area contributed by atoms with Gasteiger partial charge in [0.1, 0.15) is 0 Å². The quantitative estimate of drug-likeness (QED) is 0.865. The molecule has 2 heterocycles. The van der Waals surface area contributed by atoms with Crippen LogP contribution in [-0.4, -0.2) is 30.0 Å². The molecule has 6 nitrogen and oxygen atoms in total. The highest BCUT2D eigenvalue weighted by atomic mass is 16.2. The first-order valence-electron chi connectivity index (χ1n) is 8.94. The van der Waals surface area contributed by atoms with Gasteiger partial charge in [-0.2, -0.15) is 0 Å². The normalized spacial score (nSPS) is 12.8. The summed E-state index contributed by atoms with van der Waals surface area (Å²) in [5.74, 6) is 0.470. The Kier molecular flexibility index (Phi) is 5.51. The first kappa shape index (κ1) is 17.9. The first-order valence-corrected chi connectivity index (χ1v) is 8.94. The second kappa shape index (κ2) is 7.99. The van der Waals surface area contributed by atoms with Gasteiger partial charge in [0.15, 0.2) is 0 Å². The smallest absolute Gasteiger partial charge is 0.319 e. The highest BCUT2D eigenvalue weighted by molar-refractivity contribution is 6.07. The molecule has 2 aromatic rings. The van der Waals surface area contributed by atoms with Crippen molar-refractivity contribution >= 4 is 23.3 Å². The summed E-state index contributed by atoms with van der Waals surface area (Å²) in [6.07, 6.45) is 4.96.